The van der Waals surface area contributed by atoms with Gasteiger partial charge < -0.3 is 5.11 Å². The fourth-order valence-corrected chi connectivity index (χ4v) is 1.61. The van der Waals surface area contributed by atoms with Crippen LogP contribution in [0.25, 0.3) is 0 Å². The molecule has 1 rings (SSSR count). The smallest absolute Gasteiger partial charge is 0.331 e. The van der Waals surface area contributed by atoms with Crippen molar-refractivity contribution in [3.8, 4) is 0 Å². The number of hydrogen-bond donors (Lipinski definition) is 1. The van der Waals surface area contributed by atoms with E-state index in [0.717, 1.165) is 23.9 Å². The van der Waals surface area contributed by atoms with Crippen molar-refractivity contribution in [1.82, 2.24) is 0 Å². The molecule has 1 N–H and O–H groups in total. The summed E-state index contributed by atoms with van der Waals surface area (Å²) in [5.41, 5.74) is 0.0183. The standard InChI is InChI=1S/C10H8F2O2S/c1-6(10(13)14)5-15-7-2-3-8(11)9(12)4-7/h2-4H,1,5H2,(H,13,14). The summed E-state index contributed by atoms with van der Waals surface area (Å²) in [6.45, 7) is 3.32. The SMILES string of the molecule is C=C(CSc1ccc(F)c(F)c1)C(=O)O. The minimum absolute atomic E-state index is 0.0183. The summed E-state index contributed by atoms with van der Waals surface area (Å²) < 4.78 is 25.3. The van der Waals surface area contributed by atoms with Crippen molar-refractivity contribution >= 4 is 17.7 Å². The van der Waals surface area contributed by atoms with Crippen LogP contribution in [0.5, 0.6) is 0 Å². The molecular formula is C10H8F2O2S. The monoisotopic (exact) mass is 230 g/mol. The van der Waals surface area contributed by atoms with Crippen LogP contribution in [0.2, 0.25) is 0 Å². The van der Waals surface area contributed by atoms with Gasteiger partial charge in [-0.2, -0.15) is 0 Å². The van der Waals surface area contributed by atoms with E-state index < -0.39 is 17.6 Å². The molecule has 0 unspecified atom stereocenters. The molecule has 0 heterocycles. The van der Waals surface area contributed by atoms with E-state index in [-0.39, 0.29) is 11.3 Å². The Bertz CT molecular complexity index is 404. The third kappa shape index (κ3) is 3.36. The predicted octanol–water partition coefficient (Wildman–Crippen LogP) is 2.70. The first kappa shape index (κ1) is 11.7. The van der Waals surface area contributed by atoms with E-state index in [2.05, 4.69) is 6.58 Å². The Morgan fingerprint density at radius 3 is 2.60 bits per heavy atom. The summed E-state index contributed by atoms with van der Waals surface area (Å²) in [7, 11) is 0. The highest BCUT2D eigenvalue weighted by molar-refractivity contribution is 7.99. The first-order valence-corrected chi connectivity index (χ1v) is 4.98. The predicted molar refractivity (Wildman–Crippen MR) is 53.9 cm³/mol. The summed E-state index contributed by atoms with van der Waals surface area (Å²) in [6, 6.07) is 3.41. The summed E-state index contributed by atoms with van der Waals surface area (Å²) in [4.78, 5) is 10.9. The van der Waals surface area contributed by atoms with Crippen LogP contribution in [0.1, 0.15) is 0 Å². The molecule has 0 aliphatic heterocycles. The molecule has 0 saturated heterocycles. The highest BCUT2D eigenvalue weighted by Crippen LogP contribution is 2.22. The maximum absolute atomic E-state index is 12.7. The highest BCUT2D eigenvalue weighted by atomic mass is 32.2. The van der Waals surface area contributed by atoms with Gasteiger partial charge >= 0.3 is 5.97 Å². The average Bonchev–Trinajstić information content (AvgIpc) is 2.19. The van der Waals surface area contributed by atoms with Crippen LogP contribution in [0, 0.1) is 11.6 Å². The van der Waals surface area contributed by atoms with Gasteiger partial charge in [-0.1, -0.05) is 6.58 Å². The zero-order valence-corrected chi connectivity index (χ0v) is 8.48. The van der Waals surface area contributed by atoms with Gasteiger partial charge in [0.25, 0.3) is 0 Å². The molecule has 0 aliphatic carbocycles. The fourth-order valence-electron chi connectivity index (χ4n) is 0.799. The van der Waals surface area contributed by atoms with Crippen molar-refractivity contribution in [2.24, 2.45) is 0 Å². The molecule has 0 aromatic heterocycles. The van der Waals surface area contributed by atoms with E-state index in [9.17, 15) is 13.6 Å². The van der Waals surface area contributed by atoms with Crippen LogP contribution >= 0.6 is 11.8 Å². The molecule has 2 nitrogen and oxygen atoms in total. The van der Waals surface area contributed by atoms with E-state index >= 15 is 0 Å². The van der Waals surface area contributed by atoms with Crippen molar-refractivity contribution in [3.05, 3.63) is 42.0 Å². The summed E-state index contributed by atoms with van der Waals surface area (Å²) in [5.74, 6) is -2.82. The largest absolute Gasteiger partial charge is 0.478 e. The second-order valence-electron chi connectivity index (χ2n) is 2.77. The number of benzene rings is 1. The van der Waals surface area contributed by atoms with E-state index in [1.54, 1.807) is 0 Å². The molecule has 0 radical (unpaired) electrons. The third-order valence-electron chi connectivity index (χ3n) is 1.61. The Morgan fingerprint density at radius 1 is 1.40 bits per heavy atom. The van der Waals surface area contributed by atoms with E-state index in [0.29, 0.717) is 4.90 Å². The van der Waals surface area contributed by atoms with Gasteiger partial charge in [-0.05, 0) is 18.2 Å². The Balaban J connectivity index is 2.62. The molecule has 0 bridgehead atoms. The van der Waals surface area contributed by atoms with Gasteiger partial charge in [0, 0.05) is 16.2 Å². The van der Waals surface area contributed by atoms with Crippen molar-refractivity contribution in [3.63, 3.8) is 0 Å². The van der Waals surface area contributed by atoms with Gasteiger partial charge in [0.15, 0.2) is 11.6 Å². The highest BCUT2D eigenvalue weighted by Gasteiger charge is 2.06. The van der Waals surface area contributed by atoms with E-state index in [4.69, 9.17) is 5.11 Å². The molecule has 1 aromatic carbocycles. The van der Waals surface area contributed by atoms with Crippen molar-refractivity contribution in [1.29, 1.82) is 0 Å². The van der Waals surface area contributed by atoms with E-state index in [1.807, 2.05) is 0 Å². The third-order valence-corrected chi connectivity index (χ3v) is 2.69. The molecule has 15 heavy (non-hydrogen) atoms. The number of halogens is 2. The lowest BCUT2D eigenvalue weighted by Gasteiger charge is -2.01. The molecule has 0 spiro atoms. The van der Waals surface area contributed by atoms with Gasteiger partial charge in [-0.15, -0.1) is 11.8 Å². The quantitative estimate of drug-likeness (QED) is 0.638. The zero-order chi connectivity index (χ0) is 11.4. The van der Waals surface area contributed by atoms with Gasteiger partial charge in [0.1, 0.15) is 0 Å². The number of carboxylic acids is 1. The minimum atomic E-state index is -1.09. The number of thioether (sulfide) groups is 1. The Labute approximate surface area is 89.6 Å². The second-order valence-corrected chi connectivity index (χ2v) is 3.82. The summed E-state index contributed by atoms with van der Waals surface area (Å²) >= 11 is 1.09. The topological polar surface area (TPSA) is 37.3 Å². The van der Waals surface area contributed by atoms with Gasteiger partial charge in [0.05, 0.1) is 0 Å². The van der Waals surface area contributed by atoms with Crippen LogP contribution in [0.15, 0.2) is 35.2 Å². The van der Waals surface area contributed by atoms with Crippen LogP contribution < -0.4 is 0 Å². The number of carbonyl (C=O) groups is 1. The molecule has 5 heteroatoms. The normalized spacial score (nSPS) is 10.0. The zero-order valence-electron chi connectivity index (χ0n) is 7.67. The molecular weight excluding hydrogens is 222 g/mol. The van der Waals surface area contributed by atoms with E-state index in [1.165, 1.54) is 6.07 Å². The van der Waals surface area contributed by atoms with Crippen LogP contribution in [0.4, 0.5) is 8.78 Å². The first-order chi connectivity index (χ1) is 7.00. The number of rotatable bonds is 4. The molecule has 0 amide bonds. The molecule has 1 aromatic rings. The van der Waals surface area contributed by atoms with Crippen molar-refractivity contribution in [2.75, 3.05) is 5.75 Å². The Hall–Kier alpha value is -1.36. The molecule has 0 fully saturated rings. The molecule has 0 atom stereocenters. The van der Waals surface area contributed by atoms with Crippen molar-refractivity contribution in [2.45, 2.75) is 4.90 Å². The first-order valence-electron chi connectivity index (χ1n) is 3.99. The number of hydrogen-bond acceptors (Lipinski definition) is 2. The minimum Gasteiger partial charge on any atom is -0.478 e. The molecule has 0 aliphatic rings. The van der Waals surface area contributed by atoms with Gasteiger partial charge in [-0.25, -0.2) is 13.6 Å². The second kappa shape index (κ2) is 4.93. The average molecular weight is 230 g/mol. The van der Waals surface area contributed by atoms with Crippen LogP contribution in [-0.2, 0) is 4.79 Å². The summed E-state index contributed by atoms with van der Waals surface area (Å²) in [6.07, 6.45) is 0. The lowest BCUT2D eigenvalue weighted by Crippen LogP contribution is -2.00. The number of aliphatic carboxylic acids is 1. The summed E-state index contributed by atoms with van der Waals surface area (Å²) in [5, 5.41) is 8.51. The van der Waals surface area contributed by atoms with Crippen LogP contribution in [0.3, 0.4) is 0 Å². The van der Waals surface area contributed by atoms with Crippen molar-refractivity contribution < 1.29 is 18.7 Å². The lowest BCUT2D eigenvalue weighted by molar-refractivity contribution is -0.132. The maximum atomic E-state index is 12.7. The van der Waals surface area contributed by atoms with Crippen LogP contribution in [-0.4, -0.2) is 16.8 Å². The van der Waals surface area contributed by atoms with Gasteiger partial charge in [-0.3, -0.25) is 0 Å². The van der Waals surface area contributed by atoms with Gasteiger partial charge in [0.2, 0.25) is 0 Å². The maximum Gasteiger partial charge on any atom is 0.331 e. The molecule has 80 valence electrons. The lowest BCUT2D eigenvalue weighted by atomic mass is 10.3. The molecule has 0 saturated carbocycles. The number of carboxylic acid groups (broad SMARTS) is 1. The Kier molecular flexibility index (Phi) is 3.85. The Morgan fingerprint density at radius 2 is 2.07 bits per heavy atom. The fraction of sp³-hybridized carbons (Fsp3) is 0.100.